The average Bonchev–Trinajstić information content (AvgIpc) is 2.80. The van der Waals surface area contributed by atoms with Gasteiger partial charge in [-0.25, -0.2) is 4.68 Å². The van der Waals surface area contributed by atoms with Crippen LogP contribution in [0.5, 0.6) is 0 Å². The molecule has 1 heterocycles. The first-order valence-corrected chi connectivity index (χ1v) is 6.35. The fourth-order valence-corrected chi connectivity index (χ4v) is 2.40. The third-order valence-electron chi connectivity index (χ3n) is 3.45. The first-order chi connectivity index (χ1) is 7.99. The third kappa shape index (κ3) is 2.84. The molecule has 0 bridgehead atoms. The maximum Gasteiger partial charge on any atom is 0.0965 e. The first kappa shape index (κ1) is 12.5. The lowest BCUT2D eigenvalue weighted by Crippen LogP contribution is -2.31. The molecule has 0 spiro atoms. The minimum atomic E-state index is -0.642. The fraction of sp³-hybridized carbons (Fsp3) is 0.833. The normalized spacial score (nSPS) is 29.1. The molecule has 2 N–H and O–H groups in total. The molecule has 1 aromatic heterocycles. The number of hydrogen-bond donors (Lipinski definition) is 2. The van der Waals surface area contributed by atoms with Crippen molar-refractivity contribution in [3.05, 3.63) is 11.9 Å². The molecule has 1 aliphatic rings. The Bertz CT molecular complexity index is 372. The van der Waals surface area contributed by atoms with Crippen molar-refractivity contribution in [3.63, 3.8) is 0 Å². The van der Waals surface area contributed by atoms with E-state index in [0.717, 1.165) is 31.5 Å². The summed E-state index contributed by atoms with van der Waals surface area (Å²) in [5.74, 6) is 0. The van der Waals surface area contributed by atoms with Gasteiger partial charge in [-0.3, -0.25) is 0 Å². The highest BCUT2D eigenvalue weighted by Gasteiger charge is 2.38. The van der Waals surface area contributed by atoms with Crippen LogP contribution in [0.4, 0.5) is 0 Å². The van der Waals surface area contributed by atoms with Crippen LogP contribution in [0.3, 0.4) is 0 Å². The van der Waals surface area contributed by atoms with Gasteiger partial charge in [0.2, 0.25) is 0 Å². The van der Waals surface area contributed by atoms with Gasteiger partial charge in [-0.2, -0.15) is 0 Å². The molecule has 0 aromatic carbocycles. The van der Waals surface area contributed by atoms with Crippen molar-refractivity contribution in [2.24, 2.45) is 0 Å². The van der Waals surface area contributed by atoms with E-state index in [9.17, 15) is 5.11 Å². The van der Waals surface area contributed by atoms with Gasteiger partial charge in [-0.15, -0.1) is 5.10 Å². The van der Waals surface area contributed by atoms with E-state index in [0.29, 0.717) is 6.04 Å². The van der Waals surface area contributed by atoms with Gasteiger partial charge in [0.25, 0.3) is 0 Å². The third-order valence-corrected chi connectivity index (χ3v) is 3.45. The molecule has 2 atom stereocenters. The van der Waals surface area contributed by atoms with Crippen LogP contribution in [0.15, 0.2) is 6.20 Å². The Morgan fingerprint density at radius 3 is 3.00 bits per heavy atom. The molecule has 0 saturated heterocycles. The van der Waals surface area contributed by atoms with E-state index in [1.165, 1.54) is 0 Å². The van der Waals surface area contributed by atoms with Crippen LogP contribution in [0.2, 0.25) is 0 Å². The second-order valence-corrected chi connectivity index (χ2v) is 5.49. The summed E-state index contributed by atoms with van der Waals surface area (Å²) in [6.07, 6.45) is 4.82. The SMILES string of the molecule is CC(C)NCc1cn(C2CCCC2(C)O)nn1. The van der Waals surface area contributed by atoms with E-state index in [4.69, 9.17) is 0 Å². The van der Waals surface area contributed by atoms with Gasteiger partial charge in [0.1, 0.15) is 0 Å². The van der Waals surface area contributed by atoms with Gasteiger partial charge in [0, 0.05) is 12.6 Å². The molecule has 1 aromatic rings. The van der Waals surface area contributed by atoms with Crippen LogP contribution in [-0.2, 0) is 6.54 Å². The smallest absolute Gasteiger partial charge is 0.0965 e. The van der Waals surface area contributed by atoms with E-state index < -0.39 is 5.60 Å². The summed E-state index contributed by atoms with van der Waals surface area (Å²) in [6.45, 7) is 6.82. The van der Waals surface area contributed by atoms with E-state index in [1.54, 1.807) is 0 Å². The second kappa shape index (κ2) is 4.74. The standard InChI is InChI=1S/C12H22N4O/c1-9(2)13-7-10-8-16(15-14-10)11-5-4-6-12(11,3)17/h8-9,11,13,17H,4-7H2,1-3H3. The highest BCUT2D eigenvalue weighted by atomic mass is 16.3. The van der Waals surface area contributed by atoms with E-state index in [-0.39, 0.29) is 6.04 Å². The summed E-state index contributed by atoms with van der Waals surface area (Å²) in [4.78, 5) is 0. The summed E-state index contributed by atoms with van der Waals surface area (Å²) >= 11 is 0. The van der Waals surface area contributed by atoms with Gasteiger partial charge in [-0.1, -0.05) is 19.1 Å². The van der Waals surface area contributed by atoms with Gasteiger partial charge in [0.15, 0.2) is 0 Å². The van der Waals surface area contributed by atoms with Crippen molar-refractivity contribution in [3.8, 4) is 0 Å². The van der Waals surface area contributed by atoms with Crippen molar-refractivity contribution in [2.45, 2.75) is 64.3 Å². The van der Waals surface area contributed by atoms with Crippen LogP contribution in [0.1, 0.15) is 51.8 Å². The minimum absolute atomic E-state index is 0.0720. The monoisotopic (exact) mass is 238 g/mol. The number of hydrogen-bond acceptors (Lipinski definition) is 4. The summed E-state index contributed by atoms with van der Waals surface area (Å²) in [6, 6.07) is 0.512. The molecule has 1 fully saturated rings. The van der Waals surface area contributed by atoms with Crippen LogP contribution in [-0.4, -0.2) is 31.7 Å². The topological polar surface area (TPSA) is 63.0 Å². The fourth-order valence-electron chi connectivity index (χ4n) is 2.40. The quantitative estimate of drug-likeness (QED) is 0.828. The Hall–Kier alpha value is -0.940. The van der Waals surface area contributed by atoms with E-state index in [2.05, 4.69) is 29.5 Å². The lowest BCUT2D eigenvalue weighted by atomic mass is 10.0. The Kier molecular flexibility index (Phi) is 3.49. The molecule has 5 heteroatoms. The Morgan fingerprint density at radius 1 is 1.65 bits per heavy atom. The largest absolute Gasteiger partial charge is 0.388 e. The number of nitrogens with one attached hydrogen (secondary N) is 1. The van der Waals surface area contributed by atoms with Crippen molar-refractivity contribution < 1.29 is 5.11 Å². The lowest BCUT2D eigenvalue weighted by molar-refractivity contribution is 0.0215. The van der Waals surface area contributed by atoms with Gasteiger partial charge < -0.3 is 10.4 Å². The number of aliphatic hydroxyl groups is 1. The predicted octanol–water partition coefficient (Wildman–Crippen LogP) is 1.25. The molecule has 96 valence electrons. The summed E-state index contributed by atoms with van der Waals surface area (Å²) in [7, 11) is 0. The molecule has 0 aliphatic heterocycles. The van der Waals surface area contributed by atoms with Crippen LogP contribution < -0.4 is 5.32 Å². The highest BCUT2D eigenvalue weighted by Crippen LogP contribution is 2.38. The van der Waals surface area contributed by atoms with Crippen LogP contribution >= 0.6 is 0 Å². The highest BCUT2D eigenvalue weighted by molar-refractivity contribution is 4.98. The zero-order valence-electron chi connectivity index (χ0n) is 10.8. The maximum absolute atomic E-state index is 10.2. The molecule has 2 rings (SSSR count). The Morgan fingerprint density at radius 2 is 2.41 bits per heavy atom. The molecule has 0 amide bonds. The van der Waals surface area contributed by atoms with Crippen molar-refractivity contribution in [1.82, 2.24) is 20.3 Å². The summed E-state index contributed by atoms with van der Waals surface area (Å²) in [5.41, 5.74) is 0.289. The van der Waals surface area contributed by atoms with Gasteiger partial charge >= 0.3 is 0 Å². The molecular weight excluding hydrogens is 216 g/mol. The molecule has 1 aliphatic carbocycles. The summed E-state index contributed by atoms with van der Waals surface area (Å²) < 4.78 is 1.82. The zero-order chi connectivity index (χ0) is 12.5. The number of nitrogens with zero attached hydrogens (tertiary/aromatic N) is 3. The van der Waals surface area contributed by atoms with Gasteiger partial charge in [-0.05, 0) is 26.2 Å². The molecule has 2 unspecified atom stereocenters. The van der Waals surface area contributed by atoms with Gasteiger partial charge in [0.05, 0.1) is 23.5 Å². The molecular formula is C12H22N4O. The second-order valence-electron chi connectivity index (χ2n) is 5.49. The molecule has 17 heavy (non-hydrogen) atoms. The number of rotatable bonds is 4. The molecule has 1 saturated carbocycles. The zero-order valence-corrected chi connectivity index (χ0v) is 10.8. The van der Waals surface area contributed by atoms with Crippen molar-refractivity contribution in [1.29, 1.82) is 0 Å². The maximum atomic E-state index is 10.2. The van der Waals surface area contributed by atoms with Crippen molar-refractivity contribution >= 4 is 0 Å². The Balaban J connectivity index is 2.03. The Labute approximate surface area is 102 Å². The summed E-state index contributed by atoms with van der Waals surface area (Å²) in [5, 5.41) is 21.8. The minimum Gasteiger partial charge on any atom is -0.388 e. The molecule has 5 nitrogen and oxygen atoms in total. The van der Waals surface area contributed by atoms with E-state index in [1.807, 2.05) is 17.8 Å². The first-order valence-electron chi connectivity index (χ1n) is 6.35. The van der Waals surface area contributed by atoms with Crippen LogP contribution in [0.25, 0.3) is 0 Å². The van der Waals surface area contributed by atoms with E-state index >= 15 is 0 Å². The lowest BCUT2D eigenvalue weighted by Gasteiger charge is -2.24. The van der Waals surface area contributed by atoms with Crippen LogP contribution in [0, 0.1) is 0 Å². The average molecular weight is 238 g/mol. The number of aromatic nitrogens is 3. The molecule has 0 radical (unpaired) electrons. The predicted molar refractivity (Wildman–Crippen MR) is 65.5 cm³/mol. The van der Waals surface area contributed by atoms with Crippen molar-refractivity contribution in [2.75, 3.05) is 0 Å².